The zero-order valence-electron chi connectivity index (χ0n) is 9.98. The van der Waals surface area contributed by atoms with Gasteiger partial charge in [-0.1, -0.05) is 0 Å². The van der Waals surface area contributed by atoms with Crippen molar-refractivity contribution in [2.75, 3.05) is 33.2 Å². The van der Waals surface area contributed by atoms with Crippen LogP contribution in [0, 0.1) is 0 Å². The Hall–Kier alpha value is -0.420. The van der Waals surface area contributed by atoms with E-state index in [0.29, 0.717) is 6.54 Å². The lowest BCUT2D eigenvalue weighted by Gasteiger charge is -2.18. The quantitative estimate of drug-likeness (QED) is 0.864. The van der Waals surface area contributed by atoms with Gasteiger partial charge >= 0.3 is 0 Å². The van der Waals surface area contributed by atoms with Crippen LogP contribution in [-0.4, -0.2) is 43.0 Å². The molecule has 1 saturated heterocycles. The largest absolute Gasteiger partial charge is 0.326 e. The van der Waals surface area contributed by atoms with E-state index in [-0.39, 0.29) is 0 Å². The molecule has 90 valence electrons. The molecule has 1 fully saturated rings. The van der Waals surface area contributed by atoms with Crippen molar-refractivity contribution < 1.29 is 0 Å². The summed E-state index contributed by atoms with van der Waals surface area (Å²) < 4.78 is 0. The maximum absolute atomic E-state index is 5.63. The number of nitrogens with zero attached hydrogens (tertiary/aromatic N) is 2. The Morgan fingerprint density at radius 2 is 2.00 bits per heavy atom. The molecule has 0 aliphatic carbocycles. The van der Waals surface area contributed by atoms with E-state index in [4.69, 9.17) is 5.73 Å². The molecule has 1 aromatic heterocycles. The van der Waals surface area contributed by atoms with Crippen LogP contribution in [0.2, 0.25) is 0 Å². The van der Waals surface area contributed by atoms with Gasteiger partial charge in [-0.2, -0.15) is 0 Å². The number of rotatable bonds is 3. The van der Waals surface area contributed by atoms with Gasteiger partial charge in [0.15, 0.2) is 0 Å². The van der Waals surface area contributed by atoms with Crippen molar-refractivity contribution >= 4 is 11.3 Å². The first-order valence-electron chi connectivity index (χ1n) is 5.96. The summed E-state index contributed by atoms with van der Waals surface area (Å²) in [6, 6.07) is 4.38. The lowest BCUT2D eigenvalue weighted by molar-refractivity contribution is 0.271. The molecule has 4 heteroatoms. The Bertz CT molecular complexity index is 324. The van der Waals surface area contributed by atoms with Crippen LogP contribution in [-0.2, 0) is 13.1 Å². The minimum Gasteiger partial charge on any atom is -0.326 e. The number of hydrogen-bond acceptors (Lipinski definition) is 4. The third-order valence-electron chi connectivity index (χ3n) is 3.11. The van der Waals surface area contributed by atoms with Crippen molar-refractivity contribution in [3.8, 4) is 0 Å². The summed E-state index contributed by atoms with van der Waals surface area (Å²) in [5.74, 6) is 0. The highest BCUT2D eigenvalue weighted by Crippen LogP contribution is 2.18. The average molecular weight is 239 g/mol. The SMILES string of the molecule is CN1CCCN(Cc2ccc(CN)s2)CC1. The molecular weight excluding hydrogens is 218 g/mol. The van der Waals surface area contributed by atoms with Crippen LogP contribution in [0.15, 0.2) is 12.1 Å². The van der Waals surface area contributed by atoms with Crippen LogP contribution in [0.4, 0.5) is 0 Å². The lowest BCUT2D eigenvalue weighted by Crippen LogP contribution is -2.28. The zero-order valence-corrected chi connectivity index (χ0v) is 10.8. The second-order valence-electron chi connectivity index (χ2n) is 4.51. The van der Waals surface area contributed by atoms with Crippen LogP contribution in [0.25, 0.3) is 0 Å². The van der Waals surface area contributed by atoms with Gasteiger partial charge in [-0.3, -0.25) is 4.90 Å². The van der Waals surface area contributed by atoms with E-state index in [9.17, 15) is 0 Å². The second kappa shape index (κ2) is 5.77. The van der Waals surface area contributed by atoms with Gasteiger partial charge in [-0.15, -0.1) is 11.3 Å². The van der Waals surface area contributed by atoms with Crippen LogP contribution in [0.1, 0.15) is 16.2 Å². The van der Waals surface area contributed by atoms with E-state index in [0.717, 1.165) is 6.54 Å². The molecule has 2 heterocycles. The summed E-state index contributed by atoms with van der Waals surface area (Å²) in [7, 11) is 2.21. The van der Waals surface area contributed by atoms with E-state index in [1.165, 1.54) is 42.4 Å². The summed E-state index contributed by atoms with van der Waals surface area (Å²) in [5.41, 5.74) is 5.63. The first-order chi connectivity index (χ1) is 7.78. The minimum atomic E-state index is 0.674. The standard InChI is InChI=1S/C12H21N3S/c1-14-5-2-6-15(8-7-14)10-12-4-3-11(9-13)16-12/h3-4H,2,5-10,13H2,1H3. The van der Waals surface area contributed by atoms with Gasteiger partial charge in [-0.05, 0) is 38.7 Å². The van der Waals surface area contributed by atoms with Gasteiger partial charge < -0.3 is 10.6 Å². The summed E-state index contributed by atoms with van der Waals surface area (Å²) in [6.07, 6.45) is 1.28. The highest BCUT2D eigenvalue weighted by atomic mass is 32.1. The van der Waals surface area contributed by atoms with Gasteiger partial charge in [0, 0.05) is 35.9 Å². The third-order valence-corrected chi connectivity index (χ3v) is 4.20. The predicted molar refractivity (Wildman–Crippen MR) is 69.6 cm³/mol. The fourth-order valence-electron chi connectivity index (χ4n) is 2.10. The molecule has 0 spiro atoms. The molecular formula is C12H21N3S. The average Bonchev–Trinajstić information content (AvgIpc) is 2.63. The number of nitrogens with two attached hydrogens (primary N) is 1. The fourth-order valence-corrected chi connectivity index (χ4v) is 3.03. The Labute approximate surface area is 102 Å². The van der Waals surface area contributed by atoms with Gasteiger partial charge in [0.2, 0.25) is 0 Å². The van der Waals surface area contributed by atoms with Crippen molar-refractivity contribution in [1.29, 1.82) is 0 Å². The van der Waals surface area contributed by atoms with E-state index < -0.39 is 0 Å². The van der Waals surface area contributed by atoms with Crippen molar-refractivity contribution in [1.82, 2.24) is 9.80 Å². The van der Waals surface area contributed by atoms with Crippen molar-refractivity contribution in [3.05, 3.63) is 21.9 Å². The molecule has 0 unspecified atom stereocenters. The summed E-state index contributed by atoms with van der Waals surface area (Å²) >= 11 is 1.85. The Morgan fingerprint density at radius 3 is 2.75 bits per heavy atom. The molecule has 1 aliphatic heterocycles. The number of likely N-dealkylation sites (N-methyl/N-ethyl adjacent to an activating group) is 1. The van der Waals surface area contributed by atoms with Gasteiger partial charge in [0.1, 0.15) is 0 Å². The van der Waals surface area contributed by atoms with Crippen LogP contribution < -0.4 is 5.73 Å². The zero-order chi connectivity index (χ0) is 11.4. The van der Waals surface area contributed by atoms with Gasteiger partial charge in [0.05, 0.1) is 0 Å². The van der Waals surface area contributed by atoms with E-state index in [1.807, 2.05) is 11.3 Å². The minimum absolute atomic E-state index is 0.674. The smallest absolute Gasteiger partial charge is 0.0328 e. The monoisotopic (exact) mass is 239 g/mol. The van der Waals surface area contributed by atoms with E-state index in [1.54, 1.807) is 0 Å². The Balaban J connectivity index is 1.88. The van der Waals surface area contributed by atoms with Crippen molar-refractivity contribution in [2.24, 2.45) is 5.73 Å². The fraction of sp³-hybridized carbons (Fsp3) is 0.667. The maximum atomic E-state index is 5.63. The number of thiophene rings is 1. The van der Waals surface area contributed by atoms with Crippen molar-refractivity contribution in [2.45, 2.75) is 19.5 Å². The van der Waals surface area contributed by atoms with Crippen molar-refractivity contribution in [3.63, 3.8) is 0 Å². The molecule has 0 aromatic carbocycles. The van der Waals surface area contributed by atoms with Gasteiger partial charge in [-0.25, -0.2) is 0 Å². The molecule has 0 radical (unpaired) electrons. The van der Waals surface area contributed by atoms with E-state index in [2.05, 4.69) is 29.0 Å². The highest BCUT2D eigenvalue weighted by Gasteiger charge is 2.12. The first-order valence-corrected chi connectivity index (χ1v) is 6.78. The highest BCUT2D eigenvalue weighted by molar-refractivity contribution is 7.11. The second-order valence-corrected chi connectivity index (χ2v) is 5.76. The molecule has 1 aliphatic rings. The van der Waals surface area contributed by atoms with E-state index >= 15 is 0 Å². The summed E-state index contributed by atoms with van der Waals surface area (Å²) in [5, 5.41) is 0. The lowest BCUT2D eigenvalue weighted by atomic mass is 10.3. The first kappa shape index (κ1) is 12.0. The molecule has 0 bridgehead atoms. The van der Waals surface area contributed by atoms with Crippen LogP contribution in [0.3, 0.4) is 0 Å². The summed E-state index contributed by atoms with van der Waals surface area (Å²) in [6.45, 7) is 6.60. The molecule has 0 saturated carbocycles. The molecule has 16 heavy (non-hydrogen) atoms. The molecule has 0 atom stereocenters. The molecule has 2 N–H and O–H groups in total. The maximum Gasteiger partial charge on any atom is 0.0328 e. The predicted octanol–water partition coefficient (Wildman–Crippen LogP) is 1.34. The molecule has 3 nitrogen and oxygen atoms in total. The third kappa shape index (κ3) is 3.28. The molecule has 2 rings (SSSR count). The Morgan fingerprint density at radius 1 is 1.19 bits per heavy atom. The molecule has 1 aromatic rings. The normalized spacial score (nSPS) is 19.9. The molecule has 0 amide bonds. The topological polar surface area (TPSA) is 32.5 Å². The summed E-state index contributed by atoms with van der Waals surface area (Å²) in [4.78, 5) is 7.71. The number of hydrogen-bond donors (Lipinski definition) is 1. The van der Waals surface area contributed by atoms with Crippen LogP contribution >= 0.6 is 11.3 Å². The van der Waals surface area contributed by atoms with Gasteiger partial charge in [0.25, 0.3) is 0 Å². The van der Waals surface area contributed by atoms with Crippen LogP contribution in [0.5, 0.6) is 0 Å². The Kier molecular flexibility index (Phi) is 4.35.